The van der Waals surface area contributed by atoms with E-state index in [4.69, 9.17) is 24.3 Å². The number of nitrogens with one attached hydrogen (secondary N) is 4. The number of rotatable bonds is 16. The number of amides is 3. The van der Waals surface area contributed by atoms with Crippen LogP contribution in [0.25, 0.3) is 16.7 Å². The van der Waals surface area contributed by atoms with Crippen molar-refractivity contribution in [1.82, 2.24) is 40.5 Å². The minimum Gasteiger partial charge on any atom is -0.492 e. The first-order chi connectivity index (χ1) is 29.5. The molecule has 7 rings (SSSR count). The number of aromatic nitrogens is 3. The van der Waals surface area contributed by atoms with Crippen LogP contribution < -0.4 is 30.7 Å². The minimum absolute atomic E-state index is 0.00572. The van der Waals surface area contributed by atoms with E-state index < -0.39 is 53.0 Å². The molecule has 1 aromatic carbocycles. The normalized spacial score (nSPS) is 25.7. The van der Waals surface area contributed by atoms with Crippen LogP contribution in [-0.2, 0) is 19.1 Å². The Labute approximate surface area is 364 Å². The lowest BCUT2D eigenvalue weighted by Gasteiger charge is -2.35. The summed E-state index contributed by atoms with van der Waals surface area (Å²) in [6.45, 7) is 18.7. The summed E-state index contributed by atoms with van der Waals surface area (Å²) in [5.41, 5.74) is -1.59. The number of fused-ring (bicyclic) bond motifs is 1. The number of piperazine rings is 1. The van der Waals surface area contributed by atoms with Crippen LogP contribution in [0.4, 0.5) is 10.6 Å². The van der Waals surface area contributed by atoms with Crippen molar-refractivity contribution in [2.75, 3.05) is 51.2 Å². The van der Waals surface area contributed by atoms with Crippen molar-refractivity contribution in [2.45, 2.75) is 123 Å². The van der Waals surface area contributed by atoms with E-state index in [1.54, 1.807) is 10.7 Å². The van der Waals surface area contributed by atoms with E-state index in [0.29, 0.717) is 59.4 Å². The summed E-state index contributed by atoms with van der Waals surface area (Å²) in [7, 11) is 0. The van der Waals surface area contributed by atoms with Gasteiger partial charge < -0.3 is 45.5 Å². The van der Waals surface area contributed by atoms with Crippen LogP contribution >= 0.6 is 0 Å². The molecule has 62 heavy (non-hydrogen) atoms. The van der Waals surface area contributed by atoms with E-state index in [2.05, 4.69) is 33.1 Å². The molecule has 4 heterocycles. The summed E-state index contributed by atoms with van der Waals surface area (Å²) in [6.07, 6.45) is 3.61. The summed E-state index contributed by atoms with van der Waals surface area (Å²) < 4.78 is 20.5. The van der Waals surface area contributed by atoms with Gasteiger partial charge in [-0.15, -0.1) is 5.10 Å². The fourth-order valence-electron chi connectivity index (χ4n) is 9.05. The number of aliphatic carboxylic acids is 1. The maximum Gasteiger partial charge on any atom is 0.408 e. The van der Waals surface area contributed by atoms with Crippen LogP contribution in [0.5, 0.6) is 11.5 Å². The average molecular weight is 860 g/mol. The third kappa shape index (κ3) is 10.4. The number of likely N-dealkylation sites (tertiary alicyclic amines) is 1. The number of nitrogens with zero attached hydrogens (tertiary/aromatic N) is 5. The Balaban J connectivity index is 1.18. The van der Waals surface area contributed by atoms with Crippen molar-refractivity contribution in [1.29, 1.82) is 0 Å². The molecule has 5 N–H and O–H groups in total. The Morgan fingerprint density at radius 3 is 2.48 bits per heavy atom. The number of carbonyl (C=O) groups is 4. The molecule has 2 aliphatic heterocycles. The van der Waals surface area contributed by atoms with Gasteiger partial charge in [0.1, 0.15) is 53.8 Å². The Morgan fingerprint density at radius 1 is 1.05 bits per heavy atom. The molecular weight excluding hydrogens is 795 g/mol. The van der Waals surface area contributed by atoms with Crippen LogP contribution in [0, 0.1) is 17.3 Å². The Hall–Kier alpha value is -5.16. The number of hydrogen-bond acceptors (Lipinski definition) is 12. The van der Waals surface area contributed by atoms with Gasteiger partial charge in [-0.3, -0.25) is 14.5 Å². The van der Waals surface area contributed by atoms with Crippen molar-refractivity contribution < 1.29 is 38.5 Å². The summed E-state index contributed by atoms with van der Waals surface area (Å²) in [5.74, 6) is 0.313. The second-order valence-corrected chi connectivity index (χ2v) is 19.0. The molecule has 4 fully saturated rings. The van der Waals surface area contributed by atoms with E-state index in [1.165, 1.54) is 4.90 Å². The third-order valence-electron chi connectivity index (χ3n) is 12.6. The van der Waals surface area contributed by atoms with Crippen molar-refractivity contribution in [2.24, 2.45) is 17.3 Å². The third-order valence-corrected chi connectivity index (χ3v) is 12.6. The molecule has 0 bridgehead atoms. The molecule has 0 spiro atoms. The Bertz CT molecular complexity index is 2100. The van der Waals surface area contributed by atoms with Gasteiger partial charge in [0.2, 0.25) is 11.8 Å². The van der Waals surface area contributed by atoms with Crippen molar-refractivity contribution in [3.05, 3.63) is 36.5 Å². The van der Waals surface area contributed by atoms with Crippen LogP contribution in [-0.4, -0.2) is 135 Å². The number of anilines is 1. The first kappa shape index (κ1) is 44.9. The number of ether oxygens (including phenoxy) is 3. The van der Waals surface area contributed by atoms with E-state index in [0.717, 1.165) is 52.0 Å². The lowest BCUT2D eigenvalue weighted by molar-refractivity contribution is -0.146. The summed E-state index contributed by atoms with van der Waals surface area (Å²) in [6, 6.07) is 7.31. The topological polar surface area (TPSA) is 202 Å². The maximum atomic E-state index is 14.8. The number of pyridine rings is 1. The number of hydrogen-bond donors (Lipinski definition) is 5. The van der Waals surface area contributed by atoms with Gasteiger partial charge in [0.15, 0.2) is 5.82 Å². The standard InChI is InChI=1S/C45H65N9O8/c1-8-29-25-45(29,42(57)58)50-40(55)35-23-32(26-53(35)41(56)39(44(5,6)7)49-43(59)62-31-10-9-28(4)21-31)61-36-24-38(54-16-13-37(51-54)47-27(2)3)48-34-22-30(11-12-33(34)36)60-20-19-52-17-14-46-15-18-52/h11-13,16,22,24,27-29,31-32,35,39,46H,8-10,14-15,17-21,23,25-26H2,1-7H3,(H,47,51)(H,49,59)(H,50,55)(H,57,58)/t28-,29+,31+,32+,35-,39+,45+/m0/s1. The van der Waals surface area contributed by atoms with Gasteiger partial charge in [-0.2, -0.15) is 0 Å². The van der Waals surface area contributed by atoms with Crippen LogP contribution in [0.1, 0.15) is 87.0 Å². The van der Waals surface area contributed by atoms with Gasteiger partial charge in [-0.05, 0) is 68.9 Å². The molecule has 3 aromatic rings. The average Bonchev–Trinajstić information content (AvgIpc) is 3.53. The number of carbonyl (C=O) groups excluding carboxylic acids is 3. The molecule has 2 saturated carbocycles. The molecule has 2 aliphatic carbocycles. The van der Waals surface area contributed by atoms with E-state index >= 15 is 0 Å². The molecule has 4 aliphatic rings. The fraction of sp³-hybridized carbons (Fsp3) is 0.644. The molecule has 17 heteroatoms. The number of alkyl carbamates (subject to hydrolysis) is 1. The lowest BCUT2D eigenvalue weighted by atomic mass is 9.85. The summed E-state index contributed by atoms with van der Waals surface area (Å²) >= 11 is 0. The Morgan fingerprint density at radius 2 is 1.82 bits per heavy atom. The zero-order chi connectivity index (χ0) is 44.3. The number of carboxylic acids is 1. The first-order valence-corrected chi connectivity index (χ1v) is 22.4. The van der Waals surface area contributed by atoms with Crippen LogP contribution in [0.3, 0.4) is 0 Å². The minimum atomic E-state index is -1.41. The second-order valence-electron chi connectivity index (χ2n) is 19.0. The predicted octanol–water partition coefficient (Wildman–Crippen LogP) is 4.57. The molecule has 338 valence electrons. The number of carboxylic acid groups (broad SMARTS) is 1. The molecule has 2 aromatic heterocycles. The van der Waals surface area contributed by atoms with Gasteiger partial charge in [-0.25, -0.2) is 19.3 Å². The van der Waals surface area contributed by atoms with Gasteiger partial charge in [0.25, 0.3) is 0 Å². The van der Waals surface area contributed by atoms with E-state index in [-0.39, 0.29) is 31.0 Å². The molecular formula is C45H65N9O8. The number of benzene rings is 1. The SMILES string of the molecule is CC[C@@H]1C[C@]1(NC(=O)[C@@H]1C[C@@H](Oc2cc(-n3ccc(NC(C)C)n3)nc3cc(OCCN4CCNCC4)ccc23)CN1C(=O)[C@@H](NC(=O)O[C@@H]1CC[C@H](C)C1)C(C)(C)C)C(=O)O. The first-order valence-electron chi connectivity index (χ1n) is 22.4. The molecule has 2 saturated heterocycles. The van der Waals surface area contributed by atoms with Crippen molar-refractivity contribution in [3.8, 4) is 17.3 Å². The summed E-state index contributed by atoms with van der Waals surface area (Å²) in [5, 5.41) is 28.0. The highest BCUT2D eigenvalue weighted by Gasteiger charge is 2.61. The van der Waals surface area contributed by atoms with Gasteiger partial charge >= 0.3 is 12.1 Å². The van der Waals surface area contributed by atoms with E-state index in [1.807, 2.05) is 72.0 Å². The molecule has 17 nitrogen and oxygen atoms in total. The highest BCUT2D eigenvalue weighted by molar-refractivity contribution is 5.96. The fourth-order valence-corrected chi connectivity index (χ4v) is 9.05. The molecule has 0 unspecified atom stereocenters. The van der Waals surface area contributed by atoms with E-state index in [9.17, 15) is 24.3 Å². The highest BCUT2D eigenvalue weighted by Crippen LogP contribution is 2.46. The zero-order valence-electron chi connectivity index (χ0n) is 37.2. The van der Waals surface area contributed by atoms with Crippen molar-refractivity contribution >= 4 is 40.6 Å². The predicted molar refractivity (Wildman–Crippen MR) is 234 cm³/mol. The second kappa shape index (κ2) is 18.7. The van der Waals surface area contributed by atoms with Gasteiger partial charge in [0, 0.05) is 75.0 Å². The largest absolute Gasteiger partial charge is 0.492 e. The molecule has 3 amide bonds. The van der Waals surface area contributed by atoms with Crippen LogP contribution in [0.2, 0.25) is 0 Å². The molecule has 0 radical (unpaired) electrons. The highest BCUT2D eigenvalue weighted by atomic mass is 16.6. The quantitative estimate of drug-likeness (QED) is 0.134. The zero-order valence-corrected chi connectivity index (χ0v) is 37.2. The van der Waals surface area contributed by atoms with Crippen LogP contribution in [0.15, 0.2) is 36.5 Å². The smallest absolute Gasteiger partial charge is 0.408 e. The Kier molecular flexibility index (Phi) is 13.5. The van der Waals surface area contributed by atoms with Gasteiger partial charge in [-0.1, -0.05) is 41.0 Å². The van der Waals surface area contributed by atoms with Gasteiger partial charge in [0.05, 0.1) is 12.1 Å². The van der Waals surface area contributed by atoms with Crippen molar-refractivity contribution in [3.63, 3.8) is 0 Å². The summed E-state index contributed by atoms with van der Waals surface area (Å²) in [4.78, 5) is 63.7. The maximum absolute atomic E-state index is 14.8. The monoisotopic (exact) mass is 859 g/mol. The lowest BCUT2D eigenvalue weighted by Crippen LogP contribution is -2.59. The molecule has 7 atom stereocenters.